The van der Waals surface area contributed by atoms with Crippen molar-refractivity contribution in [3.63, 3.8) is 0 Å². The summed E-state index contributed by atoms with van der Waals surface area (Å²) in [7, 11) is 6.01. The number of aromatic nitrogens is 2. The molecule has 2 heterocycles. The first-order valence-electron chi connectivity index (χ1n) is 7.72. The summed E-state index contributed by atoms with van der Waals surface area (Å²) in [6.07, 6.45) is -1.19. The van der Waals surface area contributed by atoms with Gasteiger partial charge in [-0.3, -0.25) is 14.6 Å². The smallest absolute Gasteiger partial charge is 0.328 e. The Morgan fingerprint density at radius 3 is 2.68 bits per heavy atom. The SMILES string of the molecule is CNC(=O)CO[C@H]1C(OC)[C@@H](COC)O[C@H]1c1cn(C)c(=O)[nH]c1=O. The van der Waals surface area contributed by atoms with E-state index < -0.39 is 35.7 Å². The van der Waals surface area contributed by atoms with E-state index in [1.54, 1.807) is 0 Å². The molecule has 10 nitrogen and oxygen atoms in total. The van der Waals surface area contributed by atoms with Crippen LogP contribution in [0, 0.1) is 0 Å². The van der Waals surface area contributed by atoms with Crippen LogP contribution < -0.4 is 16.6 Å². The minimum atomic E-state index is -0.815. The molecule has 1 aromatic rings. The van der Waals surface area contributed by atoms with Crippen LogP contribution in [-0.4, -0.2) is 68.3 Å². The fourth-order valence-corrected chi connectivity index (χ4v) is 2.77. The Bertz CT molecular complexity index is 714. The number of aromatic amines is 1. The maximum atomic E-state index is 12.2. The Labute approximate surface area is 144 Å². The van der Waals surface area contributed by atoms with Gasteiger partial charge in [-0.1, -0.05) is 0 Å². The van der Waals surface area contributed by atoms with Crippen LogP contribution in [0.2, 0.25) is 0 Å². The second-order valence-corrected chi connectivity index (χ2v) is 5.65. The Kier molecular flexibility index (Phi) is 6.48. The van der Waals surface area contributed by atoms with Gasteiger partial charge in [0.1, 0.15) is 31.0 Å². The molecule has 1 fully saturated rings. The predicted molar refractivity (Wildman–Crippen MR) is 86.4 cm³/mol. The number of rotatable bonds is 7. The van der Waals surface area contributed by atoms with Gasteiger partial charge in [-0.05, 0) is 0 Å². The van der Waals surface area contributed by atoms with Crippen molar-refractivity contribution >= 4 is 5.91 Å². The molecule has 140 valence electrons. The largest absolute Gasteiger partial charge is 0.382 e. The van der Waals surface area contributed by atoms with Gasteiger partial charge in [0.2, 0.25) is 5.91 Å². The molecule has 0 radical (unpaired) electrons. The second-order valence-electron chi connectivity index (χ2n) is 5.65. The Morgan fingerprint density at radius 2 is 2.08 bits per heavy atom. The van der Waals surface area contributed by atoms with Crippen LogP contribution in [0.1, 0.15) is 11.7 Å². The van der Waals surface area contributed by atoms with Crippen LogP contribution in [0.15, 0.2) is 15.8 Å². The van der Waals surface area contributed by atoms with E-state index in [1.165, 1.54) is 39.1 Å². The number of H-pyrrole nitrogens is 1. The van der Waals surface area contributed by atoms with Gasteiger partial charge in [0, 0.05) is 34.5 Å². The molecule has 1 aliphatic heterocycles. The predicted octanol–water partition coefficient (Wildman–Crippen LogP) is -1.69. The van der Waals surface area contributed by atoms with Gasteiger partial charge >= 0.3 is 5.69 Å². The van der Waals surface area contributed by atoms with Crippen molar-refractivity contribution in [2.24, 2.45) is 7.05 Å². The van der Waals surface area contributed by atoms with Gasteiger partial charge in [-0.2, -0.15) is 0 Å². The summed E-state index contributed by atoms with van der Waals surface area (Å²) in [6.45, 7) is 0.00275. The monoisotopic (exact) mass is 357 g/mol. The highest BCUT2D eigenvalue weighted by molar-refractivity contribution is 5.76. The Morgan fingerprint density at radius 1 is 1.36 bits per heavy atom. The average Bonchev–Trinajstić information content (AvgIpc) is 2.93. The quantitative estimate of drug-likeness (QED) is 0.597. The van der Waals surface area contributed by atoms with Crippen molar-refractivity contribution in [3.8, 4) is 0 Å². The van der Waals surface area contributed by atoms with Crippen molar-refractivity contribution in [2.75, 3.05) is 34.5 Å². The maximum absolute atomic E-state index is 12.2. The second kappa shape index (κ2) is 8.39. The summed E-state index contributed by atoms with van der Waals surface area (Å²) in [5.41, 5.74) is -0.898. The molecule has 1 saturated heterocycles. The number of methoxy groups -OCH3 is 2. The van der Waals surface area contributed by atoms with E-state index in [-0.39, 0.29) is 24.7 Å². The molecule has 1 amide bonds. The molecular formula is C15H23N3O7. The van der Waals surface area contributed by atoms with Crippen LogP contribution in [0.25, 0.3) is 0 Å². The van der Waals surface area contributed by atoms with Crippen LogP contribution in [0.4, 0.5) is 0 Å². The summed E-state index contributed by atoms with van der Waals surface area (Å²) in [6, 6.07) is 0. The lowest BCUT2D eigenvalue weighted by Gasteiger charge is -2.23. The third-order valence-electron chi connectivity index (χ3n) is 4.04. The Balaban J connectivity index is 2.37. The van der Waals surface area contributed by atoms with Crippen LogP contribution in [-0.2, 0) is 30.8 Å². The van der Waals surface area contributed by atoms with E-state index in [1.807, 2.05) is 0 Å². The van der Waals surface area contributed by atoms with Gasteiger partial charge in [-0.25, -0.2) is 4.79 Å². The van der Waals surface area contributed by atoms with Gasteiger partial charge in [0.05, 0.1) is 12.2 Å². The molecular weight excluding hydrogens is 334 g/mol. The van der Waals surface area contributed by atoms with Crippen molar-refractivity contribution in [2.45, 2.75) is 24.4 Å². The molecule has 2 N–H and O–H groups in total. The van der Waals surface area contributed by atoms with E-state index in [9.17, 15) is 14.4 Å². The summed E-state index contributed by atoms with van der Waals surface area (Å²) in [5, 5.41) is 2.46. The van der Waals surface area contributed by atoms with Gasteiger partial charge in [-0.15, -0.1) is 0 Å². The summed E-state index contributed by atoms with van der Waals surface area (Å²) in [5.74, 6) is -0.321. The number of hydrogen-bond acceptors (Lipinski definition) is 7. The molecule has 4 atom stereocenters. The maximum Gasteiger partial charge on any atom is 0.328 e. The van der Waals surface area contributed by atoms with Crippen molar-refractivity contribution in [1.29, 1.82) is 0 Å². The number of hydrogen-bond donors (Lipinski definition) is 2. The number of likely N-dealkylation sites (N-methyl/N-ethyl adjacent to an activating group) is 1. The van der Waals surface area contributed by atoms with Gasteiger partial charge in [0.15, 0.2) is 0 Å². The number of carbonyl (C=O) groups excluding carboxylic acids is 1. The fraction of sp³-hybridized carbons (Fsp3) is 0.667. The molecule has 0 spiro atoms. The normalized spacial score (nSPS) is 25.9. The number of amides is 1. The molecule has 1 aromatic heterocycles. The van der Waals surface area contributed by atoms with E-state index in [0.717, 1.165) is 0 Å². The van der Waals surface area contributed by atoms with Crippen molar-refractivity contribution in [3.05, 3.63) is 32.6 Å². The van der Waals surface area contributed by atoms with Gasteiger partial charge in [0.25, 0.3) is 5.56 Å². The molecule has 25 heavy (non-hydrogen) atoms. The molecule has 0 aliphatic carbocycles. The zero-order chi connectivity index (χ0) is 18.6. The lowest BCUT2D eigenvalue weighted by Crippen LogP contribution is -2.40. The first-order valence-corrected chi connectivity index (χ1v) is 7.72. The lowest BCUT2D eigenvalue weighted by molar-refractivity contribution is -0.131. The van der Waals surface area contributed by atoms with Gasteiger partial charge < -0.3 is 28.8 Å². The highest BCUT2D eigenvalue weighted by Crippen LogP contribution is 2.35. The first-order chi connectivity index (χ1) is 11.9. The van der Waals surface area contributed by atoms with E-state index in [2.05, 4.69) is 10.3 Å². The third kappa shape index (κ3) is 4.15. The van der Waals surface area contributed by atoms with Crippen LogP contribution >= 0.6 is 0 Å². The summed E-state index contributed by atoms with van der Waals surface area (Å²) in [4.78, 5) is 37.5. The minimum absolute atomic E-state index is 0.213. The first kappa shape index (κ1) is 19.3. The minimum Gasteiger partial charge on any atom is -0.382 e. The molecule has 0 saturated carbocycles. The third-order valence-corrected chi connectivity index (χ3v) is 4.04. The highest BCUT2D eigenvalue weighted by Gasteiger charge is 2.47. The molecule has 2 rings (SSSR count). The number of aryl methyl sites for hydroxylation is 1. The van der Waals surface area contributed by atoms with E-state index >= 15 is 0 Å². The number of nitrogens with zero attached hydrogens (tertiary/aromatic N) is 1. The zero-order valence-electron chi connectivity index (χ0n) is 14.6. The average molecular weight is 357 g/mol. The highest BCUT2D eigenvalue weighted by atomic mass is 16.6. The topological polar surface area (TPSA) is 121 Å². The van der Waals surface area contributed by atoms with Crippen LogP contribution in [0.3, 0.4) is 0 Å². The molecule has 0 aromatic carbocycles. The summed E-state index contributed by atoms with van der Waals surface area (Å²) >= 11 is 0. The van der Waals surface area contributed by atoms with E-state index in [4.69, 9.17) is 18.9 Å². The van der Waals surface area contributed by atoms with Crippen molar-refractivity contribution < 1.29 is 23.7 Å². The lowest BCUT2D eigenvalue weighted by atomic mass is 10.0. The standard InChI is InChI=1S/C15H23N3O7/c1-16-10(19)7-24-13-11(25-9(6-22-3)12(13)23-4)8-5-18(2)15(21)17-14(8)20/h5,9,11-13H,6-7H2,1-4H3,(H,16,19)(H,17,20,21)/t9-,11+,12?,13-/m1/s1. The Hall–Kier alpha value is -2.01. The van der Waals surface area contributed by atoms with Crippen molar-refractivity contribution in [1.82, 2.24) is 14.9 Å². The molecule has 1 aliphatic rings. The molecule has 10 heteroatoms. The summed E-state index contributed by atoms with van der Waals surface area (Å²) < 4.78 is 23.4. The van der Waals surface area contributed by atoms with Crippen LogP contribution in [0.5, 0.6) is 0 Å². The fourth-order valence-electron chi connectivity index (χ4n) is 2.77. The number of nitrogens with one attached hydrogen (secondary N) is 2. The zero-order valence-corrected chi connectivity index (χ0v) is 14.6. The number of carbonyl (C=O) groups is 1. The molecule has 0 bridgehead atoms. The molecule has 1 unspecified atom stereocenters. The van der Waals surface area contributed by atoms with E-state index in [0.29, 0.717) is 0 Å². The number of ether oxygens (including phenoxy) is 4.